The van der Waals surface area contributed by atoms with Crippen LogP contribution in [0.15, 0.2) is 78.9 Å². The molecule has 0 fully saturated rings. The third kappa shape index (κ3) is 7.97. The van der Waals surface area contributed by atoms with Crippen LogP contribution in [0, 0.1) is 0 Å². The number of hydrogen-bond acceptors (Lipinski definition) is 5. The number of hydrogen-bond donors (Lipinski definition) is 1. The van der Waals surface area contributed by atoms with Gasteiger partial charge in [0.2, 0.25) is 21.8 Å². The highest BCUT2D eigenvalue weighted by Crippen LogP contribution is 2.24. The topological polar surface area (TPSA) is 96.0 Å². The summed E-state index contributed by atoms with van der Waals surface area (Å²) in [6.45, 7) is 1.73. The molecule has 0 saturated heterocycles. The highest BCUT2D eigenvalue weighted by molar-refractivity contribution is 7.92. The van der Waals surface area contributed by atoms with Crippen LogP contribution in [0.4, 0.5) is 5.69 Å². The Labute approximate surface area is 229 Å². The number of likely N-dealkylation sites (N-methyl/N-ethyl adjacent to an activating group) is 1. The molecule has 0 aliphatic rings. The van der Waals surface area contributed by atoms with Gasteiger partial charge in [0.25, 0.3) is 0 Å². The number of amides is 2. The summed E-state index contributed by atoms with van der Waals surface area (Å²) in [6, 6.07) is 21.9. The van der Waals surface area contributed by atoms with Crippen molar-refractivity contribution in [2.45, 2.75) is 25.9 Å². The van der Waals surface area contributed by atoms with Gasteiger partial charge in [-0.3, -0.25) is 13.9 Å². The van der Waals surface area contributed by atoms with E-state index in [-0.39, 0.29) is 24.6 Å². The molecule has 8 nitrogen and oxygen atoms in total. The SMILES string of the molecule is CCNC(=O)[C@@H](Cc1ccccc1)N(Cc1cccc(Cl)c1)C(=O)CN(c1cccc(OC)c1)S(C)(=O)=O. The van der Waals surface area contributed by atoms with Crippen molar-refractivity contribution in [1.82, 2.24) is 10.2 Å². The molecule has 202 valence electrons. The molecule has 0 bridgehead atoms. The first kappa shape index (κ1) is 29.0. The fourth-order valence-corrected chi connectivity index (χ4v) is 5.11. The quantitative estimate of drug-likeness (QED) is 0.364. The van der Waals surface area contributed by atoms with Crippen LogP contribution in [-0.4, -0.2) is 57.6 Å². The van der Waals surface area contributed by atoms with Gasteiger partial charge >= 0.3 is 0 Å². The molecule has 38 heavy (non-hydrogen) atoms. The van der Waals surface area contributed by atoms with Crippen molar-refractivity contribution < 1.29 is 22.7 Å². The molecule has 3 aromatic carbocycles. The van der Waals surface area contributed by atoms with Crippen LogP contribution in [0.25, 0.3) is 0 Å². The number of nitrogens with one attached hydrogen (secondary N) is 1. The molecule has 0 heterocycles. The van der Waals surface area contributed by atoms with Crippen LogP contribution in [0.5, 0.6) is 5.75 Å². The Morgan fingerprint density at radius 3 is 2.29 bits per heavy atom. The number of carbonyl (C=O) groups excluding carboxylic acids is 2. The molecule has 0 aromatic heterocycles. The van der Waals surface area contributed by atoms with Crippen LogP contribution < -0.4 is 14.4 Å². The zero-order valence-corrected chi connectivity index (χ0v) is 23.2. The smallest absolute Gasteiger partial charge is 0.244 e. The molecule has 3 rings (SSSR count). The number of nitrogens with zero attached hydrogens (tertiary/aromatic N) is 2. The minimum Gasteiger partial charge on any atom is -0.497 e. The number of anilines is 1. The summed E-state index contributed by atoms with van der Waals surface area (Å²) in [5, 5.41) is 3.31. The van der Waals surface area contributed by atoms with E-state index in [0.717, 1.165) is 16.1 Å². The van der Waals surface area contributed by atoms with E-state index in [1.54, 1.807) is 55.5 Å². The van der Waals surface area contributed by atoms with E-state index in [1.165, 1.54) is 12.0 Å². The lowest BCUT2D eigenvalue weighted by Crippen LogP contribution is -2.53. The van der Waals surface area contributed by atoms with Crippen molar-refractivity contribution in [2.75, 3.05) is 30.8 Å². The average molecular weight is 558 g/mol. The van der Waals surface area contributed by atoms with Gasteiger partial charge in [0, 0.05) is 30.6 Å². The third-order valence-corrected chi connectivity index (χ3v) is 7.26. The summed E-state index contributed by atoms with van der Waals surface area (Å²) in [5.74, 6) is -0.423. The average Bonchev–Trinajstić information content (AvgIpc) is 2.89. The van der Waals surface area contributed by atoms with E-state index in [4.69, 9.17) is 16.3 Å². The zero-order valence-electron chi connectivity index (χ0n) is 21.6. The van der Waals surface area contributed by atoms with Gasteiger partial charge in [0.1, 0.15) is 18.3 Å². The van der Waals surface area contributed by atoms with Gasteiger partial charge < -0.3 is 15.0 Å². The number of methoxy groups -OCH3 is 1. The normalized spacial score (nSPS) is 11.9. The van der Waals surface area contributed by atoms with Crippen LogP contribution in [-0.2, 0) is 32.6 Å². The van der Waals surface area contributed by atoms with Crippen LogP contribution >= 0.6 is 11.6 Å². The summed E-state index contributed by atoms with van der Waals surface area (Å²) in [5.41, 5.74) is 1.85. The molecule has 0 radical (unpaired) electrons. The molecule has 2 amide bonds. The Hall–Kier alpha value is -3.56. The molecular weight excluding hydrogens is 526 g/mol. The third-order valence-electron chi connectivity index (χ3n) is 5.88. The summed E-state index contributed by atoms with van der Waals surface area (Å²) in [7, 11) is -2.38. The molecule has 0 aliphatic carbocycles. The van der Waals surface area contributed by atoms with E-state index in [9.17, 15) is 18.0 Å². The Morgan fingerprint density at radius 2 is 1.66 bits per heavy atom. The predicted octanol–water partition coefficient (Wildman–Crippen LogP) is 3.89. The van der Waals surface area contributed by atoms with Crippen molar-refractivity contribution >= 4 is 39.1 Å². The van der Waals surface area contributed by atoms with E-state index >= 15 is 0 Å². The number of carbonyl (C=O) groups is 2. The minimum absolute atomic E-state index is 0.0593. The highest BCUT2D eigenvalue weighted by atomic mass is 35.5. The Balaban J connectivity index is 2.04. The van der Waals surface area contributed by atoms with Gasteiger partial charge in [-0.1, -0.05) is 60.1 Å². The van der Waals surface area contributed by atoms with Crippen LogP contribution in [0.2, 0.25) is 5.02 Å². The first-order chi connectivity index (χ1) is 18.1. The molecule has 10 heteroatoms. The monoisotopic (exact) mass is 557 g/mol. The molecule has 0 unspecified atom stereocenters. The standard InChI is InChI=1S/C28H32ClN3O5S/c1-4-30-28(34)26(17-21-10-6-5-7-11-21)31(19-22-12-8-13-23(29)16-22)27(33)20-32(38(3,35)36)24-14-9-15-25(18-24)37-2/h5-16,18,26H,4,17,19-20H2,1-3H3,(H,30,34)/t26-/m1/s1. The first-order valence-electron chi connectivity index (χ1n) is 12.1. The molecular formula is C28H32ClN3O5S. The van der Waals surface area contributed by atoms with Crippen LogP contribution in [0.1, 0.15) is 18.1 Å². The van der Waals surface area contributed by atoms with Gasteiger partial charge in [-0.15, -0.1) is 0 Å². The maximum atomic E-state index is 13.9. The number of halogens is 1. The van der Waals surface area contributed by atoms with E-state index < -0.39 is 28.5 Å². The second-order valence-corrected chi connectivity index (χ2v) is 11.1. The van der Waals surface area contributed by atoms with Crippen molar-refractivity contribution in [3.8, 4) is 5.75 Å². The summed E-state index contributed by atoms with van der Waals surface area (Å²) in [4.78, 5) is 28.7. The number of benzene rings is 3. The zero-order chi connectivity index (χ0) is 27.7. The molecule has 1 atom stereocenters. The van der Waals surface area contributed by atoms with E-state index in [0.29, 0.717) is 22.9 Å². The van der Waals surface area contributed by atoms with Crippen molar-refractivity contribution in [3.05, 3.63) is 95.0 Å². The van der Waals surface area contributed by atoms with Crippen molar-refractivity contribution in [1.29, 1.82) is 0 Å². The Morgan fingerprint density at radius 1 is 0.974 bits per heavy atom. The number of sulfonamides is 1. The molecule has 0 spiro atoms. The first-order valence-corrected chi connectivity index (χ1v) is 14.3. The van der Waals surface area contributed by atoms with E-state index in [2.05, 4.69) is 5.32 Å². The molecule has 0 aliphatic heterocycles. The maximum Gasteiger partial charge on any atom is 0.244 e. The van der Waals surface area contributed by atoms with Crippen LogP contribution in [0.3, 0.4) is 0 Å². The summed E-state index contributed by atoms with van der Waals surface area (Å²) < 4.78 is 31.9. The van der Waals surface area contributed by atoms with Gasteiger partial charge in [-0.25, -0.2) is 8.42 Å². The van der Waals surface area contributed by atoms with Gasteiger partial charge in [-0.2, -0.15) is 0 Å². The predicted molar refractivity (Wildman–Crippen MR) is 150 cm³/mol. The second kappa shape index (κ2) is 13.3. The fraction of sp³-hybridized carbons (Fsp3) is 0.286. The number of rotatable bonds is 12. The van der Waals surface area contributed by atoms with Gasteiger partial charge in [-0.05, 0) is 42.3 Å². The Bertz CT molecular complexity index is 1350. The Kier molecular flexibility index (Phi) is 10.2. The molecule has 1 N–H and O–H groups in total. The summed E-state index contributed by atoms with van der Waals surface area (Å²) >= 11 is 6.20. The minimum atomic E-state index is -3.86. The number of ether oxygens (including phenoxy) is 1. The molecule has 0 saturated carbocycles. The van der Waals surface area contributed by atoms with Gasteiger partial charge in [0.05, 0.1) is 19.1 Å². The lowest BCUT2D eigenvalue weighted by atomic mass is 10.0. The largest absolute Gasteiger partial charge is 0.497 e. The summed E-state index contributed by atoms with van der Waals surface area (Å²) in [6.07, 6.45) is 1.28. The lowest BCUT2D eigenvalue weighted by molar-refractivity contribution is -0.140. The maximum absolute atomic E-state index is 13.9. The second-order valence-electron chi connectivity index (χ2n) is 8.72. The van der Waals surface area contributed by atoms with Gasteiger partial charge in [0.15, 0.2) is 0 Å². The molecule has 3 aromatic rings. The van der Waals surface area contributed by atoms with Crippen molar-refractivity contribution in [3.63, 3.8) is 0 Å². The van der Waals surface area contributed by atoms with Crippen molar-refractivity contribution in [2.24, 2.45) is 0 Å². The highest BCUT2D eigenvalue weighted by Gasteiger charge is 2.33. The van der Waals surface area contributed by atoms with E-state index in [1.807, 2.05) is 30.3 Å². The lowest BCUT2D eigenvalue weighted by Gasteiger charge is -2.33. The fourth-order valence-electron chi connectivity index (χ4n) is 4.06.